The normalized spacial score (nSPS) is 16.8. The molecule has 14 heteroatoms. The van der Waals surface area contributed by atoms with Crippen molar-refractivity contribution < 1.29 is 43.7 Å². The molecular weight excluding hydrogens is 699 g/mol. The van der Waals surface area contributed by atoms with Gasteiger partial charge in [0, 0.05) is 64.1 Å². The summed E-state index contributed by atoms with van der Waals surface area (Å²) in [4.78, 5) is 79.2. The highest BCUT2D eigenvalue weighted by atomic mass is 16.6. The highest BCUT2D eigenvalue weighted by Gasteiger charge is 2.37. The van der Waals surface area contributed by atoms with E-state index >= 15 is 0 Å². The smallest absolute Gasteiger partial charge is 0.338 e. The Kier molecular flexibility index (Phi) is 11.6. The van der Waals surface area contributed by atoms with Gasteiger partial charge in [0.2, 0.25) is 5.91 Å². The Morgan fingerprint density at radius 3 is 2.31 bits per heavy atom. The maximum Gasteiger partial charge on any atom is 0.338 e. The van der Waals surface area contributed by atoms with Crippen molar-refractivity contribution in [2.75, 3.05) is 14.2 Å². The van der Waals surface area contributed by atoms with Crippen LogP contribution in [0.15, 0.2) is 17.3 Å². The van der Waals surface area contributed by atoms with Crippen LogP contribution in [0.25, 0.3) is 23.8 Å². The molecule has 2 aliphatic rings. The molecule has 0 aliphatic carbocycles. The number of nitrogens with zero attached hydrogens (tertiary/aromatic N) is 1. The van der Waals surface area contributed by atoms with Crippen molar-refractivity contribution in [1.82, 2.24) is 20.3 Å². The first kappa shape index (κ1) is 39.3. The summed E-state index contributed by atoms with van der Waals surface area (Å²) in [6.07, 6.45) is 5.79. The number of aliphatic imine (C=N–C) groups is 1. The van der Waals surface area contributed by atoms with Gasteiger partial charge in [-0.25, -0.2) is 9.59 Å². The first-order valence-corrected chi connectivity index (χ1v) is 17.8. The lowest BCUT2D eigenvalue weighted by molar-refractivity contribution is -0.150. The van der Waals surface area contributed by atoms with Crippen LogP contribution in [0, 0.1) is 32.6 Å². The molecule has 6 N–H and O–H groups in total. The van der Waals surface area contributed by atoms with Crippen molar-refractivity contribution in [3.63, 3.8) is 0 Å². The van der Waals surface area contributed by atoms with Crippen molar-refractivity contribution in [3.8, 4) is 0 Å². The number of nitrogens with one attached hydrogen (secondary N) is 4. The largest absolute Gasteiger partial charge is 0.481 e. The van der Waals surface area contributed by atoms with Crippen molar-refractivity contribution >= 4 is 59.3 Å². The van der Waals surface area contributed by atoms with E-state index in [0.717, 1.165) is 59.2 Å². The highest BCUT2D eigenvalue weighted by Crippen LogP contribution is 2.39. The first-order valence-electron chi connectivity index (χ1n) is 17.8. The zero-order chi connectivity index (χ0) is 39.6. The molecule has 286 valence electrons. The van der Waals surface area contributed by atoms with E-state index in [4.69, 9.17) is 14.5 Å². The zero-order valence-corrected chi connectivity index (χ0v) is 31.6. The van der Waals surface area contributed by atoms with Gasteiger partial charge in [-0.05, 0) is 73.6 Å². The van der Waals surface area contributed by atoms with Crippen LogP contribution in [0.2, 0.25) is 0 Å². The number of fused-ring (bicyclic) bond motifs is 7. The van der Waals surface area contributed by atoms with Crippen LogP contribution in [-0.2, 0) is 41.5 Å². The number of carboxylic acid groups (broad SMARTS) is 2. The zero-order valence-electron chi connectivity index (χ0n) is 31.6. The van der Waals surface area contributed by atoms with Gasteiger partial charge in [-0.15, -0.1) is 0 Å². The van der Waals surface area contributed by atoms with Gasteiger partial charge in [-0.1, -0.05) is 26.5 Å². The fraction of sp³-hybridized carbons (Fsp3) is 0.400. The number of methoxy groups -OCH3 is 2. The SMILES string of the molecule is C=Cc1c2[nH]c(c1C)C=C1N=C(C(CC(=O)[15NH][13C@@H]([13CH2][13C](=O)OC)[13C](=O)OC)=c3[nH]c(c(C)c3C(=O)O)=Cc3[nH]c(c(C)c3CC)C2)[C@@H](CCC(=O)O)[C@@H]1C. The molecule has 0 unspecified atom stereocenters. The van der Waals surface area contributed by atoms with Crippen LogP contribution < -0.4 is 16.0 Å². The lowest BCUT2D eigenvalue weighted by Gasteiger charge is -2.20. The second-order valence-corrected chi connectivity index (χ2v) is 13.7. The number of hydrogen-bond acceptors (Lipinski definition) is 8. The van der Waals surface area contributed by atoms with Gasteiger partial charge in [0.1, 0.15) is 6.04 Å². The lowest BCUT2D eigenvalue weighted by atomic mass is 9.82. The van der Waals surface area contributed by atoms with Crippen LogP contribution in [0.4, 0.5) is 0 Å². The molecular formula is C40H47N5O9. The molecule has 5 heterocycles. The number of aromatic nitrogens is 3. The van der Waals surface area contributed by atoms with Crippen LogP contribution in [0.3, 0.4) is 0 Å². The summed E-state index contributed by atoms with van der Waals surface area (Å²) in [6.45, 7) is 13.8. The highest BCUT2D eigenvalue weighted by molar-refractivity contribution is 6.24. The number of rotatable bonds is 12. The number of carbonyl (C=O) groups is 5. The van der Waals surface area contributed by atoms with Crippen LogP contribution in [-0.4, -0.2) is 80.9 Å². The fourth-order valence-electron chi connectivity index (χ4n) is 7.63. The summed E-state index contributed by atoms with van der Waals surface area (Å²) in [5.41, 5.74) is 9.03. The second-order valence-electron chi connectivity index (χ2n) is 13.7. The molecule has 5 rings (SSSR count). The summed E-state index contributed by atoms with van der Waals surface area (Å²) < 4.78 is 9.54. The van der Waals surface area contributed by atoms with Gasteiger partial charge in [-0.3, -0.25) is 19.4 Å². The van der Waals surface area contributed by atoms with Gasteiger partial charge in [0.25, 0.3) is 0 Å². The summed E-state index contributed by atoms with van der Waals surface area (Å²) >= 11 is 0. The maximum atomic E-state index is 13.9. The maximum absolute atomic E-state index is 13.9. The second kappa shape index (κ2) is 16.0. The molecule has 54 heavy (non-hydrogen) atoms. The molecule has 3 atom stereocenters. The number of aromatic carboxylic acids is 1. The first-order chi connectivity index (χ1) is 25.6. The molecule has 3 aromatic heterocycles. The molecule has 0 saturated heterocycles. The summed E-state index contributed by atoms with van der Waals surface area (Å²) in [5.74, 6) is -5.51. The van der Waals surface area contributed by atoms with Gasteiger partial charge >= 0.3 is 23.9 Å². The molecule has 3 aromatic rings. The molecule has 0 spiro atoms. The summed E-state index contributed by atoms with van der Waals surface area (Å²) in [5, 5.41) is 23.6. The monoisotopic (exact) mass is 746 g/mol. The number of allylic oxidation sites excluding steroid dienone is 1. The predicted molar refractivity (Wildman–Crippen MR) is 202 cm³/mol. The number of H-pyrrole nitrogens is 3. The number of aliphatic carboxylic acids is 1. The molecule has 0 aromatic carbocycles. The summed E-state index contributed by atoms with van der Waals surface area (Å²) in [6, 6.07) is -1.39. The number of amides is 1. The number of ether oxygens (including phenoxy) is 2. The minimum atomic E-state index is -1.39. The van der Waals surface area contributed by atoms with Crippen LogP contribution in [0.1, 0.15) is 100 Å². The average molecular weight is 747 g/mol. The average Bonchev–Trinajstić information content (AvgIpc) is 3.81. The Labute approximate surface area is 312 Å². The van der Waals surface area contributed by atoms with E-state index in [0.29, 0.717) is 35.2 Å². The molecule has 1 amide bonds. The quantitative estimate of drug-likeness (QED) is 0.0906. The molecule has 14 nitrogen and oxygen atoms in total. The molecule has 0 fully saturated rings. The van der Waals surface area contributed by atoms with Crippen molar-refractivity contribution in [3.05, 3.63) is 79.1 Å². The third-order valence-electron chi connectivity index (χ3n) is 10.6. The van der Waals surface area contributed by atoms with E-state index in [1.165, 1.54) is 0 Å². The topological polar surface area (TPSA) is 216 Å². The van der Waals surface area contributed by atoms with Gasteiger partial charge in [0.15, 0.2) is 0 Å². The Morgan fingerprint density at radius 2 is 1.70 bits per heavy atom. The third-order valence-corrected chi connectivity index (χ3v) is 10.6. The van der Waals surface area contributed by atoms with Gasteiger partial charge < -0.3 is 40.0 Å². The number of carboxylic acids is 2. The Morgan fingerprint density at radius 1 is 1.00 bits per heavy atom. The number of aromatic amines is 3. The van der Waals surface area contributed by atoms with Gasteiger partial charge in [0.05, 0.1) is 43.7 Å². The fourth-order valence-corrected chi connectivity index (χ4v) is 7.63. The molecule has 0 saturated carbocycles. The van der Waals surface area contributed by atoms with E-state index < -0.39 is 54.6 Å². The van der Waals surface area contributed by atoms with E-state index in [1.807, 2.05) is 39.0 Å². The molecule has 8 bridgehead atoms. The minimum Gasteiger partial charge on any atom is -0.481 e. The predicted octanol–water partition coefficient (Wildman–Crippen LogP) is 3.61. The van der Waals surface area contributed by atoms with Crippen molar-refractivity contribution in [2.24, 2.45) is 16.8 Å². The van der Waals surface area contributed by atoms with Crippen LogP contribution in [0.5, 0.6) is 0 Å². The minimum absolute atomic E-state index is 0.0844. The standard InChI is InChI=1S/C40H47N5O9/c1-9-22-18(3)26-14-28-20(5)24(11-12-34(47)48)37(44-28)25(13-33(46)43-32(40(52)54-8)17-35(49)53-7)38-36(39(50)51)21(6)29(45-38)16-31-23(10-2)19(4)27(42-31)15-30(22)41-26/h9,14,16,20,24,32,41-42,45H,1,10-13,15,17H2,2-8H3,(H,43,46)(H,47,48)(H,50,51)/t20-,24-,32-/m0/s1/i17+1,32+1,35+1,40+1,43+1. The van der Waals surface area contributed by atoms with E-state index in [1.54, 1.807) is 6.92 Å². The summed E-state index contributed by atoms with van der Waals surface area (Å²) in [7, 11) is 2.27. The number of carbonyl (C=O) groups excluding carboxylic acids is 3. The Balaban J connectivity index is 1.87. The van der Waals surface area contributed by atoms with E-state index in [9.17, 15) is 34.2 Å². The molecule has 2 aliphatic heterocycles. The third kappa shape index (κ3) is 7.59. The van der Waals surface area contributed by atoms with Gasteiger partial charge in [-0.2, -0.15) is 0 Å². The van der Waals surface area contributed by atoms with Crippen LogP contribution >= 0.6 is 0 Å². The molecule has 0 radical (unpaired) electrons. The number of hydrogen-bond donors (Lipinski definition) is 6. The van der Waals surface area contributed by atoms with Crippen molar-refractivity contribution in [2.45, 2.75) is 79.2 Å². The Hall–Kier alpha value is -5.92. The van der Waals surface area contributed by atoms with E-state index in [2.05, 4.69) is 33.8 Å². The van der Waals surface area contributed by atoms with E-state index in [-0.39, 0.29) is 35.2 Å². The Bertz CT molecular complexity index is 2250. The lowest BCUT2D eigenvalue weighted by Crippen LogP contribution is -2.43. The van der Waals surface area contributed by atoms with Crippen molar-refractivity contribution in [1.29, 1.82) is 0 Å². The number of esters is 2.